The second kappa shape index (κ2) is 6.96. The van der Waals surface area contributed by atoms with Crippen molar-refractivity contribution in [3.8, 4) is 17.0 Å². The molecular formula is C21H19N3O2. The van der Waals surface area contributed by atoms with Crippen molar-refractivity contribution < 1.29 is 9.53 Å². The smallest absolute Gasteiger partial charge is 0.168 e. The topological polar surface area (TPSA) is 78.1 Å². The van der Waals surface area contributed by atoms with E-state index in [4.69, 9.17) is 10.5 Å². The number of benzene rings is 2. The molecule has 0 unspecified atom stereocenters. The first-order valence-corrected chi connectivity index (χ1v) is 8.65. The number of aromatic nitrogens is 2. The Morgan fingerprint density at radius 2 is 1.88 bits per heavy atom. The minimum Gasteiger partial charge on any atom is -0.488 e. The summed E-state index contributed by atoms with van der Waals surface area (Å²) in [6.45, 7) is 0. The summed E-state index contributed by atoms with van der Waals surface area (Å²) in [6.07, 6.45) is 5.93. The van der Waals surface area contributed by atoms with Crippen LogP contribution in [0.3, 0.4) is 0 Å². The van der Waals surface area contributed by atoms with E-state index in [1.54, 1.807) is 30.6 Å². The van der Waals surface area contributed by atoms with E-state index >= 15 is 0 Å². The summed E-state index contributed by atoms with van der Waals surface area (Å²) in [5, 5.41) is 0. The molecule has 0 aliphatic heterocycles. The maximum Gasteiger partial charge on any atom is 0.168 e. The molecular weight excluding hydrogens is 326 g/mol. The maximum absolute atomic E-state index is 12.5. The molecule has 1 aliphatic rings. The minimum absolute atomic E-state index is 0.0450. The van der Waals surface area contributed by atoms with Gasteiger partial charge in [-0.05, 0) is 31.0 Å². The monoisotopic (exact) mass is 345 g/mol. The van der Waals surface area contributed by atoms with E-state index < -0.39 is 0 Å². The summed E-state index contributed by atoms with van der Waals surface area (Å²) in [5.41, 5.74) is 9.47. The van der Waals surface area contributed by atoms with Crippen molar-refractivity contribution >= 4 is 11.5 Å². The zero-order valence-electron chi connectivity index (χ0n) is 14.3. The quantitative estimate of drug-likeness (QED) is 0.544. The first kappa shape index (κ1) is 16.3. The van der Waals surface area contributed by atoms with Gasteiger partial charge in [0.25, 0.3) is 0 Å². The molecule has 1 heterocycles. The molecule has 0 spiro atoms. The molecule has 2 N–H and O–H groups in total. The summed E-state index contributed by atoms with van der Waals surface area (Å²) in [7, 11) is 0. The van der Waals surface area contributed by atoms with Gasteiger partial charge >= 0.3 is 0 Å². The molecule has 1 aromatic heterocycles. The van der Waals surface area contributed by atoms with Crippen LogP contribution >= 0.6 is 0 Å². The Kier molecular flexibility index (Phi) is 4.35. The van der Waals surface area contributed by atoms with E-state index in [1.807, 2.05) is 30.3 Å². The summed E-state index contributed by atoms with van der Waals surface area (Å²) >= 11 is 0. The maximum atomic E-state index is 12.5. The third kappa shape index (κ3) is 3.72. The van der Waals surface area contributed by atoms with Gasteiger partial charge in [-0.2, -0.15) is 0 Å². The fourth-order valence-electron chi connectivity index (χ4n) is 2.67. The number of hydrogen-bond donors (Lipinski definition) is 1. The van der Waals surface area contributed by atoms with E-state index in [2.05, 4.69) is 9.97 Å². The van der Waals surface area contributed by atoms with Crippen molar-refractivity contribution in [1.29, 1.82) is 0 Å². The summed E-state index contributed by atoms with van der Waals surface area (Å²) in [6, 6.07) is 15.0. The van der Waals surface area contributed by atoms with Crippen LogP contribution in [0.25, 0.3) is 11.3 Å². The van der Waals surface area contributed by atoms with Gasteiger partial charge in [-0.25, -0.2) is 0 Å². The lowest BCUT2D eigenvalue weighted by molar-refractivity contribution is 0.0992. The van der Waals surface area contributed by atoms with E-state index in [0.29, 0.717) is 22.7 Å². The van der Waals surface area contributed by atoms with Crippen LogP contribution in [0.15, 0.2) is 60.9 Å². The Morgan fingerprint density at radius 3 is 2.54 bits per heavy atom. The molecule has 0 radical (unpaired) electrons. The van der Waals surface area contributed by atoms with Gasteiger partial charge in [0, 0.05) is 17.3 Å². The van der Waals surface area contributed by atoms with Gasteiger partial charge in [0.05, 0.1) is 35.8 Å². The second-order valence-corrected chi connectivity index (χ2v) is 6.43. The third-order valence-corrected chi connectivity index (χ3v) is 4.27. The van der Waals surface area contributed by atoms with E-state index in [0.717, 1.165) is 24.1 Å². The molecule has 130 valence electrons. The number of carbonyl (C=O) groups is 1. The van der Waals surface area contributed by atoms with Crippen LogP contribution in [0.1, 0.15) is 28.9 Å². The fraction of sp³-hybridized carbons (Fsp3) is 0.190. The molecule has 5 heteroatoms. The Labute approximate surface area is 151 Å². The molecule has 1 aliphatic carbocycles. The molecule has 4 rings (SSSR count). The highest BCUT2D eigenvalue weighted by atomic mass is 16.5. The number of Topliss-reactive ketones (excluding diaryl/α,β-unsaturated/α-hetero) is 1. The Morgan fingerprint density at radius 1 is 1.08 bits per heavy atom. The van der Waals surface area contributed by atoms with E-state index in [-0.39, 0.29) is 18.3 Å². The van der Waals surface area contributed by atoms with E-state index in [1.165, 1.54) is 0 Å². The Balaban J connectivity index is 1.45. The molecule has 5 nitrogen and oxygen atoms in total. The Hall–Kier alpha value is -3.21. The highest BCUT2D eigenvalue weighted by Gasteiger charge is 2.24. The minimum atomic E-state index is -0.0450. The number of ketones is 1. The summed E-state index contributed by atoms with van der Waals surface area (Å²) in [5.74, 6) is 0.604. The van der Waals surface area contributed by atoms with Crippen LogP contribution in [0, 0.1) is 0 Å². The van der Waals surface area contributed by atoms with Crippen molar-refractivity contribution in [3.05, 3.63) is 72.2 Å². The van der Waals surface area contributed by atoms with E-state index in [9.17, 15) is 4.79 Å². The predicted octanol–water partition coefficient (Wildman–Crippen LogP) is 3.69. The lowest BCUT2D eigenvalue weighted by Gasteiger charge is -2.09. The number of carbonyl (C=O) groups excluding carboxylic acids is 1. The van der Waals surface area contributed by atoms with Crippen molar-refractivity contribution in [2.75, 3.05) is 5.73 Å². The third-order valence-electron chi connectivity index (χ3n) is 4.27. The first-order chi connectivity index (χ1) is 12.7. The van der Waals surface area contributed by atoms with Gasteiger partial charge in [-0.1, -0.05) is 30.3 Å². The van der Waals surface area contributed by atoms with Crippen molar-refractivity contribution in [2.45, 2.75) is 25.4 Å². The first-order valence-electron chi connectivity index (χ1n) is 8.65. The molecule has 2 aromatic carbocycles. The van der Waals surface area contributed by atoms with Crippen LogP contribution in [0.4, 0.5) is 5.69 Å². The number of rotatable bonds is 6. The normalized spacial score (nSPS) is 13.4. The number of nitrogens with two attached hydrogens (primary N) is 1. The van der Waals surface area contributed by atoms with Gasteiger partial charge in [-0.15, -0.1) is 0 Å². The molecule has 0 saturated heterocycles. The summed E-state index contributed by atoms with van der Waals surface area (Å²) in [4.78, 5) is 21.3. The van der Waals surface area contributed by atoms with Crippen molar-refractivity contribution in [3.63, 3.8) is 0 Å². The second-order valence-electron chi connectivity index (χ2n) is 6.43. The van der Waals surface area contributed by atoms with Crippen LogP contribution in [-0.4, -0.2) is 21.9 Å². The van der Waals surface area contributed by atoms with Gasteiger partial charge in [0.1, 0.15) is 5.75 Å². The van der Waals surface area contributed by atoms with Gasteiger partial charge in [0.2, 0.25) is 0 Å². The van der Waals surface area contributed by atoms with Gasteiger partial charge in [-0.3, -0.25) is 14.8 Å². The average Bonchev–Trinajstić information content (AvgIpc) is 3.49. The SMILES string of the molecule is Nc1cc(C(=O)Cc2cnc(-c3ccccc3)cn2)ccc1OC1CC1. The molecule has 26 heavy (non-hydrogen) atoms. The molecule has 0 atom stereocenters. The Bertz CT molecular complexity index is 920. The molecule has 0 amide bonds. The van der Waals surface area contributed by atoms with Crippen molar-refractivity contribution in [1.82, 2.24) is 9.97 Å². The molecule has 0 bridgehead atoms. The predicted molar refractivity (Wildman–Crippen MR) is 100 cm³/mol. The number of ether oxygens (including phenoxy) is 1. The van der Waals surface area contributed by atoms with Gasteiger partial charge in [0.15, 0.2) is 5.78 Å². The standard InChI is InChI=1S/C21H19N3O2/c22-18-10-15(6-9-21(18)26-17-7-8-17)20(25)11-16-12-24-19(13-23-16)14-4-2-1-3-5-14/h1-6,9-10,12-13,17H,7-8,11,22H2. The fourth-order valence-corrected chi connectivity index (χ4v) is 2.67. The molecule has 1 saturated carbocycles. The average molecular weight is 345 g/mol. The van der Waals surface area contributed by atoms with Gasteiger partial charge < -0.3 is 10.5 Å². The lowest BCUT2D eigenvalue weighted by Crippen LogP contribution is -2.07. The van der Waals surface area contributed by atoms with Crippen molar-refractivity contribution in [2.24, 2.45) is 0 Å². The number of nitrogens with zero attached hydrogens (tertiary/aromatic N) is 2. The highest BCUT2D eigenvalue weighted by Crippen LogP contribution is 2.31. The van der Waals surface area contributed by atoms with Crippen LogP contribution in [0.5, 0.6) is 5.75 Å². The van der Waals surface area contributed by atoms with Crippen LogP contribution in [0.2, 0.25) is 0 Å². The summed E-state index contributed by atoms with van der Waals surface area (Å²) < 4.78 is 5.71. The van der Waals surface area contributed by atoms with Crippen LogP contribution in [-0.2, 0) is 6.42 Å². The highest BCUT2D eigenvalue weighted by molar-refractivity contribution is 5.98. The number of nitrogen functional groups attached to an aromatic ring is 1. The zero-order valence-corrected chi connectivity index (χ0v) is 14.3. The van der Waals surface area contributed by atoms with Crippen LogP contribution < -0.4 is 10.5 Å². The largest absolute Gasteiger partial charge is 0.488 e. The molecule has 3 aromatic rings. The lowest BCUT2D eigenvalue weighted by atomic mass is 10.1. The number of hydrogen-bond acceptors (Lipinski definition) is 5. The molecule has 1 fully saturated rings. The number of anilines is 1. The zero-order chi connectivity index (χ0) is 17.9.